The van der Waals surface area contributed by atoms with E-state index in [0.29, 0.717) is 19.7 Å². The first-order valence-electron chi connectivity index (χ1n) is 5.57. The summed E-state index contributed by atoms with van der Waals surface area (Å²) in [6.45, 7) is 9.25. The first-order valence-corrected chi connectivity index (χ1v) is 6.09. The fourth-order valence-corrected chi connectivity index (χ4v) is 1.64. The maximum Gasteiger partial charge on any atom is 0.410 e. The third-order valence-corrected chi connectivity index (χ3v) is 2.62. The van der Waals surface area contributed by atoms with Crippen LogP contribution in [0.15, 0.2) is 0 Å². The molecule has 2 atom stereocenters. The predicted octanol–water partition coefficient (Wildman–Crippen LogP) is 1.94. The molecule has 5 heteroatoms. The molecule has 0 spiro atoms. The van der Waals surface area contributed by atoms with E-state index in [-0.39, 0.29) is 17.4 Å². The zero-order valence-corrected chi connectivity index (χ0v) is 11.3. The molecule has 1 saturated heterocycles. The minimum Gasteiger partial charge on any atom is -0.444 e. The van der Waals surface area contributed by atoms with Crippen molar-refractivity contribution < 1.29 is 14.3 Å². The van der Waals surface area contributed by atoms with Crippen molar-refractivity contribution in [2.75, 3.05) is 19.7 Å². The maximum atomic E-state index is 11.8. The van der Waals surface area contributed by atoms with E-state index >= 15 is 0 Å². The molecule has 0 aliphatic carbocycles. The largest absolute Gasteiger partial charge is 0.444 e. The van der Waals surface area contributed by atoms with Crippen LogP contribution in [0.2, 0.25) is 0 Å². The summed E-state index contributed by atoms with van der Waals surface area (Å²) in [4.78, 5) is 13.5. The standard InChI is InChI=1S/C11H21NO3S/c1-8(16)9-7-12(5-6-14-9)10(13)15-11(2,3)4/h8-9,16H,5-7H2,1-4H3. The number of hydrogen-bond acceptors (Lipinski definition) is 4. The molecule has 0 saturated carbocycles. The number of hydrogen-bond donors (Lipinski definition) is 1. The van der Waals surface area contributed by atoms with Crippen LogP contribution in [0.3, 0.4) is 0 Å². The van der Waals surface area contributed by atoms with E-state index in [2.05, 4.69) is 12.6 Å². The molecule has 0 N–H and O–H groups in total. The van der Waals surface area contributed by atoms with Gasteiger partial charge in [0, 0.05) is 11.8 Å². The van der Waals surface area contributed by atoms with E-state index in [9.17, 15) is 4.79 Å². The molecule has 1 fully saturated rings. The Morgan fingerprint density at radius 3 is 2.69 bits per heavy atom. The second kappa shape index (κ2) is 5.27. The van der Waals surface area contributed by atoms with Crippen molar-refractivity contribution in [3.8, 4) is 0 Å². The lowest BCUT2D eigenvalue weighted by molar-refractivity contribution is -0.0406. The molecular weight excluding hydrogens is 226 g/mol. The van der Waals surface area contributed by atoms with Gasteiger partial charge in [0.05, 0.1) is 19.3 Å². The van der Waals surface area contributed by atoms with Gasteiger partial charge in [-0.1, -0.05) is 6.92 Å². The van der Waals surface area contributed by atoms with Crippen molar-refractivity contribution in [1.29, 1.82) is 0 Å². The first kappa shape index (κ1) is 13.6. The Kier molecular flexibility index (Phi) is 4.50. The number of carbonyl (C=O) groups excluding carboxylic acids is 1. The zero-order valence-electron chi connectivity index (χ0n) is 10.4. The fourth-order valence-electron chi connectivity index (χ4n) is 1.46. The van der Waals surface area contributed by atoms with Crippen molar-refractivity contribution >= 4 is 18.7 Å². The summed E-state index contributed by atoms with van der Waals surface area (Å²) < 4.78 is 10.8. The van der Waals surface area contributed by atoms with E-state index in [1.54, 1.807) is 4.90 Å². The van der Waals surface area contributed by atoms with Gasteiger partial charge in [0.1, 0.15) is 5.60 Å². The van der Waals surface area contributed by atoms with Gasteiger partial charge >= 0.3 is 6.09 Å². The van der Waals surface area contributed by atoms with Gasteiger partial charge in [0.2, 0.25) is 0 Å². The topological polar surface area (TPSA) is 38.8 Å². The van der Waals surface area contributed by atoms with Crippen LogP contribution in [0.1, 0.15) is 27.7 Å². The first-order chi connectivity index (χ1) is 7.29. The summed E-state index contributed by atoms with van der Waals surface area (Å²) in [6.07, 6.45) is -0.278. The number of nitrogens with zero attached hydrogens (tertiary/aromatic N) is 1. The molecule has 0 aromatic carbocycles. The van der Waals surface area contributed by atoms with Gasteiger partial charge in [0.15, 0.2) is 0 Å². The third-order valence-electron chi connectivity index (χ3n) is 2.28. The number of amides is 1. The van der Waals surface area contributed by atoms with Gasteiger partial charge in [-0.3, -0.25) is 0 Å². The summed E-state index contributed by atoms with van der Waals surface area (Å²) >= 11 is 4.33. The monoisotopic (exact) mass is 247 g/mol. The molecule has 0 radical (unpaired) electrons. The van der Waals surface area contributed by atoms with E-state index < -0.39 is 5.60 Å². The highest BCUT2D eigenvalue weighted by atomic mass is 32.1. The Morgan fingerprint density at radius 1 is 1.56 bits per heavy atom. The van der Waals surface area contributed by atoms with Crippen LogP contribution in [-0.2, 0) is 9.47 Å². The Labute approximate surface area is 103 Å². The smallest absolute Gasteiger partial charge is 0.410 e. The van der Waals surface area contributed by atoms with Gasteiger partial charge in [-0.15, -0.1) is 0 Å². The molecule has 2 unspecified atom stereocenters. The lowest BCUT2D eigenvalue weighted by Gasteiger charge is -2.35. The van der Waals surface area contributed by atoms with Crippen LogP contribution in [0.25, 0.3) is 0 Å². The summed E-state index contributed by atoms with van der Waals surface area (Å²) in [5.74, 6) is 0. The molecule has 0 bridgehead atoms. The zero-order chi connectivity index (χ0) is 12.3. The predicted molar refractivity (Wildman–Crippen MR) is 66.0 cm³/mol. The molecule has 1 heterocycles. The van der Waals surface area contributed by atoms with E-state index in [1.165, 1.54) is 0 Å². The molecule has 4 nitrogen and oxygen atoms in total. The second-order valence-electron chi connectivity index (χ2n) is 5.08. The van der Waals surface area contributed by atoms with Gasteiger partial charge in [-0.05, 0) is 20.8 Å². The van der Waals surface area contributed by atoms with Crippen molar-refractivity contribution in [3.05, 3.63) is 0 Å². The number of ether oxygens (including phenoxy) is 2. The highest BCUT2D eigenvalue weighted by Gasteiger charge is 2.29. The maximum absolute atomic E-state index is 11.8. The quantitative estimate of drug-likeness (QED) is 0.720. The molecule has 1 rings (SSSR count). The Hall–Kier alpha value is -0.420. The molecule has 1 amide bonds. The van der Waals surface area contributed by atoms with Crippen LogP contribution in [0.5, 0.6) is 0 Å². The summed E-state index contributed by atoms with van der Waals surface area (Å²) in [7, 11) is 0. The van der Waals surface area contributed by atoms with Crippen molar-refractivity contribution in [3.63, 3.8) is 0 Å². The van der Waals surface area contributed by atoms with Crippen LogP contribution in [0.4, 0.5) is 4.79 Å². The van der Waals surface area contributed by atoms with Crippen LogP contribution in [-0.4, -0.2) is 47.6 Å². The number of morpholine rings is 1. The van der Waals surface area contributed by atoms with Crippen molar-refractivity contribution in [2.45, 2.75) is 44.6 Å². The van der Waals surface area contributed by atoms with Gasteiger partial charge in [-0.2, -0.15) is 12.6 Å². The van der Waals surface area contributed by atoms with Crippen LogP contribution >= 0.6 is 12.6 Å². The Bertz CT molecular complexity index is 250. The lowest BCUT2D eigenvalue weighted by Crippen LogP contribution is -2.49. The van der Waals surface area contributed by atoms with E-state index in [1.807, 2.05) is 27.7 Å². The van der Waals surface area contributed by atoms with E-state index in [0.717, 1.165) is 0 Å². The highest BCUT2D eigenvalue weighted by molar-refractivity contribution is 7.81. The molecule has 0 aromatic heterocycles. The minimum absolute atomic E-state index is 0.00963. The third kappa shape index (κ3) is 4.22. The number of thiol groups is 1. The molecule has 94 valence electrons. The SMILES string of the molecule is CC(S)C1CN(C(=O)OC(C)(C)C)CCO1. The normalized spacial score (nSPS) is 24.1. The van der Waals surface area contributed by atoms with Crippen LogP contribution < -0.4 is 0 Å². The highest BCUT2D eigenvalue weighted by Crippen LogP contribution is 2.16. The Morgan fingerprint density at radius 2 is 2.19 bits per heavy atom. The number of rotatable bonds is 1. The minimum atomic E-state index is -0.447. The number of carbonyl (C=O) groups is 1. The molecule has 16 heavy (non-hydrogen) atoms. The van der Waals surface area contributed by atoms with E-state index in [4.69, 9.17) is 9.47 Å². The summed E-state index contributed by atoms with van der Waals surface area (Å²) in [5, 5.41) is 0.116. The molecule has 1 aliphatic rings. The molecular formula is C11H21NO3S. The van der Waals surface area contributed by atoms with Crippen LogP contribution in [0, 0.1) is 0 Å². The van der Waals surface area contributed by atoms with Crippen molar-refractivity contribution in [1.82, 2.24) is 4.90 Å². The second-order valence-corrected chi connectivity index (χ2v) is 5.89. The van der Waals surface area contributed by atoms with Crippen molar-refractivity contribution in [2.24, 2.45) is 0 Å². The molecule has 0 aromatic rings. The Balaban J connectivity index is 2.50. The average molecular weight is 247 g/mol. The fraction of sp³-hybridized carbons (Fsp3) is 0.909. The average Bonchev–Trinajstić information content (AvgIpc) is 2.15. The summed E-state index contributed by atoms with van der Waals surface area (Å²) in [5.41, 5.74) is -0.447. The lowest BCUT2D eigenvalue weighted by atomic mass is 10.2. The molecule has 1 aliphatic heterocycles. The van der Waals surface area contributed by atoms with Gasteiger partial charge in [0.25, 0.3) is 0 Å². The van der Waals surface area contributed by atoms with Gasteiger partial charge < -0.3 is 14.4 Å². The van der Waals surface area contributed by atoms with Gasteiger partial charge in [-0.25, -0.2) is 4.79 Å². The summed E-state index contributed by atoms with van der Waals surface area (Å²) in [6, 6.07) is 0.